The first-order chi connectivity index (χ1) is 12.8. The Kier molecular flexibility index (Phi) is 5.24. The van der Waals surface area contributed by atoms with Gasteiger partial charge >= 0.3 is 5.97 Å². The molecule has 1 spiro atoms. The summed E-state index contributed by atoms with van der Waals surface area (Å²) < 4.78 is 24.1. The summed E-state index contributed by atoms with van der Waals surface area (Å²) in [6.45, 7) is 3.77. The van der Waals surface area contributed by atoms with E-state index in [9.17, 15) is 15.0 Å². The van der Waals surface area contributed by atoms with Gasteiger partial charge in [0.1, 0.15) is 12.2 Å². The lowest BCUT2D eigenvalue weighted by atomic mass is 9.80. The molecule has 4 aliphatic rings. The smallest absolute Gasteiger partial charge is 0.308 e. The van der Waals surface area contributed by atoms with Gasteiger partial charge in [-0.25, -0.2) is 0 Å². The zero-order chi connectivity index (χ0) is 19.3. The van der Waals surface area contributed by atoms with E-state index < -0.39 is 24.1 Å². The maximum absolute atomic E-state index is 11.7. The van der Waals surface area contributed by atoms with Crippen LogP contribution in [0, 0.1) is 11.8 Å². The highest BCUT2D eigenvalue weighted by Crippen LogP contribution is 2.49. The van der Waals surface area contributed by atoms with Gasteiger partial charge in [0, 0.05) is 31.6 Å². The Hall–Kier alpha value is -0.770. The van der Waals surface area contributed by atoms with Crippen LogP contribution in [0.1, 0.15) is 46.0 Å². The van der Waals surface area contributed by atoms with Crippen molar-refractivity contribution in [2.75, 3.05) is 6.61 Å². The van der Waals surface area contributed by atoms with Crippen LogP contribution in [0.3, 0.4) is 0 Å². The number of fused-ring (bicyclic) bond motifs is 2. The van der Waals surface area contributed by atoms with Gasteiger partial charge in [-0.2, -0.15) is 0 Å². The number of esters is 1. The Labute approximate surface area is 158 Å². The zero-order valence-corrected chi connectivity index (χ0v) is 15.8. The minimum atomic E-state index is -0.963. The zero-order valence-electron chi connectivity index (χ0n) is 15.8. The summed E-state index contributed by atoms with van der Waals surface area (Å²) in [6, 6.07) is 0. The number of hydrogen-bond acceptors (Lipinski definition) is 8. The molecule has 0 aromatic rings. The normalized spacial score (nSPS) is 48.8. The number of aliphatic hydroxyl groups excluding tert-OH is 3. The molecule has 0 aromatic carbocycles. The van der Waals surface area contributed by atoms with E-state index in [1.54, 1.807) is 0 Å². The molecule has 0 radical (unpaired) electrons. The van der Waals surface area contributed by atoms with Crippen molar-refractivity contribution < 1.29 is 39.1 Å². The fourth-order valence-corrected chi connectivity index (χ4v) is 5.29. The summed E-state index contributed by atoms with van der Waals surface area (Å²) in [5, 5.41) is 28.9. The standard InChI is InChI=1S/C19H30O8/c1-9-6-19(7-10(2)18-15(27-19)5-16(23)25-18)26-14-4-13(24-17(9)14)12(22)3-11(21)8-20/h9-15,17-18,20-22H,3-8H2,1-2H3/t9-,10-,11+,12-,13?,14-,15-,17-,18-,19?/m0/s1. The predicted molar refractivity (Wildman–Crippen MR) is 91.5 cm³/mol. The van der Waals surface area contributed by atoms with E-state index in [4.69, 9.17) is 24.1 Å². The summed E-state index contributed by atoms with van der Waals surface area (Å²) in [5.41, 5.74) is 0. The minimum absolute atomic E-state index is 0.0663. The molecule has 10 atom stereocenters. The van der Waals surface area contributed by atoms with Crippen molar-refractivity contribution in [1.29, 1.82) is 0 Å². The molecule has 8 nitrogen and oxygen atoms in total. The third-order valence-electron chi connectivity index (χ3n) is 6.44. The lowest BCUT2D eigenvalue weighted by Crippen LogP contribution is -2.58. The molecule has 0 aliphatic carbocycles. The molecular weight excluding hydrogens is 356 g/mol. The maximum Gasteiger partial charge on any atom is 0.308 e. The highest BCUT2D eigenvalue weighted by molar-refractivity contribution is 5.72. The van der Waals surface area contributed by atoms with Gasteiger partial charge in [-0.1, -0.05) is 13.8 Å². The first-order valence-electron chi connectivity index (χ1n) is 9.98. The predicted octanol–water partition coefficient (Wildman–Crippen LogP) is 0.110. The molecule has 4 fully saturated rings. The Morgan fingerprint density at radius 3 is 2.48 bits per heavy atom. The monoisotopic (exact) mass is 386 g/mol. The average molecular weight is 386 g/mol. The fourth-order valence-electron chi connectivity index (χ4n) is 5.29. The number of ether oxygens (including phenoxy) is 4. The van der Waals surface area contributed by atoms with Crippen molar-refractivity contribution in [2.45, 2.75) is 94.5 Å². The van der Waals surface area contributed by atoms with Crippen LogP contribution >= 0.6 is 0 Å². The number of carbonyl (C=O) groups excluding carboxylic acids is 1. The fraction of sp³-hybridized carbons (Fsp3) is 0.947. The van der Waals surface area contributed by atoms with Crippen LogP contribution in [0.5, 0.6) is 0 Å². The van der Waals surface area contributed by atoms with Gasteiger partial charge in [-0.15, -0.1) is 0 Å². The van der Waals surface area contributed by atoms with Crippen LogP contribution in [0.2, 0.25) is 0 Å². The van der Waals surface area contributed by atoms with Crippen LogP contribution in [0.4, 0.5) is 0 Å². The Morgan fingerprint density at radius 2 is 1.78 bits per heavy atom. The van der Waals surface area contributed by atoms with E-state index >= 15 is 0 Å². The quantitative estimate of drug-likeness (QED) is 0.583. The van der Waals surface area contributed by atoms with Crippen molar-refractivity contribution in [2.24, 2.45) is 11.8 Å². The van der Waals surface area contributed by atoms with Gasteiger partial charge < -0.3 is 34.3 Å². The third kappa shape index (κ3) is 3.63. The van der Waals surface area contributed by atoms with E-state index in [0.29, 0.717) is 19.3 Å². The lowest BCUT2D eigenvalue weighted by molar-refractivity contribution is -0.346. The minimum Gasteiger partial charge on any atom is -0.459 e. The molecule has 8 heteroatoms. The Morgan fingerprint density at radius 1 is 1.11 bits per heavy atom. The van der Waals surface area contributed by atoms with Crippen LogP contribution in [-0.2, 0) is 23.7 Å². The average Bonchev–Trinajstić information content (AvgIpc) is 3.18. The number of carbonyl (C=O) groups is 1. The summed E-state index contributed by atoms with van der Waals surface area (Å²) in [6.07, 6.45) is -0.916. The molecule has 0 bridgehead atoms. The molecule has 4 heterocycles. The van der Waals surface area contributed by atoms with Gasteiger partial charge in [-0.3, -0.25) is 4.79 Å². The molecular formula is C19H30O8. The summed E-state index contributed by atoms with van der Waals surface area (Å²) >= 11 is 0. The summed E-state index contributed by atoms with van der Waals surface area (Å²) in [7, 11) is 0. The van der Waals surface area contributed by atoms with Crippen molar-refractivity contribution in [3.8, 4) is 0 Å². The molecule has 27 heavy (non-hydrogen) atoms. The van der Waals surface area contributed by atoms with Crippen molar-refractivity contribution in [1.82, 2.24) is 0 Å². The summed E-state index contributed by atoms with van der Waals surface area (Å²) in [5.74, 6) is -0.638. The van der Waals surface area contributed by atoms with E-state index in [0.717, 1.165) is 0 Å². The number of rotatable bonds is 4. The van der Waals surface area contributed by atoms with Crippen molar-refractivity contribution >= 4 is 5.97 Å². The van der Waals surface area contributed by atoms with E-state index in [-0.39, 0.29) is 61.7 Å². The summed E-state index contributed by atoms with van der Waals surface area (Å²) in [4.78, 5) is 11.7. The molecule has 0 saturated carbocycles. The lowest BCUT2D eigenvalue weighted by Gasteiger charge is -2.50. The first-order valence-corrected chi connectivity index (χ1v) is 9.98. The molecule has 2 unspecified atom stereocenters. The number of aliphatic hydroxyl groups is 3. The first kappa shape index (κ1) is 19.5. The van der Waals surface area contributed by atoms with Gasteiger partial charge in [0.15, 0.2) is 5.79 Å². The van der Waals surface area contributed by atoms with Crippen LogP contribution in [0.25, 0.3) is 0 Å². The van der Waals surface area contributed by atoms with Crippen LogP contribution in [-0.4, -0.2) is 76.4 Å². The molecule has 4 aliphatic heterocycles. The highest BCUT2D eigenvalue weighted by Gasteiger charge is 2.58. The molecule has 0 aromatic heterocycles. The number of hydrogen-bond donors (Lipinski definition) is 3. The van der Waals surface area contributed by atoms with Gasteiger partial charge in [0.05, 0.1) is 43.5 Å². The Bertz CT molecular complexity index is 570. The van der Waals surface area contributed by atoms with Crippen LogP contribution in [0.15, 0.2) is 0 Å². The molecule has 4 rings (SSSR count). The second-order valence-electron chi connectivity index (χ2n) is 8.76. The SMILES string of the molecule is C[C@H]1CC2(C[C@H](C)[C@@H]3OC([C@@H](O)C[C@@H](O)CO)C[C@@H]3O2)O[C@H]2CC(=O)O[C@H]21. The topological polar surface area (TPSA) is 115 Å². The van der Waals surface area contributed by atoms with Crippen LogP contribution < -0.4 is 0 Å². The largest absolute Gasteiger partial charge is 0.459 e. The Balaban J connectivity index is 1.44. The molecule has 4 saturated heterocycles. The molecule has 154 valence electrons. The molecule has 0 amide bonds. The van der Waals surface area contributed by atoms with E-state index in [2.05, 4.69) is 13.8 Å². The van der Waals surface area contributed by atoms with E-state index in [1.165, 1.54) is 0 Å². The maximum atomic E-state index is 11.7. The third-order valence-corrected chi connectivity index (χ3v) is 6.44. The van der Waals surface area contributed by atoms with Crippen molar-refractivity contribution in [3.05, 3.63) is 0 Å². The second kappa shape index (κ2) is 7.24. The van der Waals surface area contributed by atoms with Gasteiger partial charge in [0.25, 0.3) is 0 Å². The van der Waals surface area contributed by atoms with Gasteiger partial charge in [-0.05, 0) is 5.92 Å². The van der Waals surface area contributed by atoms with E-state index in [1.807, 2.05) is 0 Å². The highest BCUT2D eigenvalue weighted by atomic mass is 16.7. The van der Waals surface area contributed by atoms with Crippen molar-refractivity contribution in [3.63, 3.8) is 0 Å². The molecule has 3 N–H and O–H groups in total. The van der Waals surface area contributed by atoms with Gasteiger partial charge in [0.2, 0.25) is 0 Å². The second-order valence-corrected chi connectivity index (χ2v) is 8.76.